The summed E-state index contributed by atoms with van der Waals surface area (Å²) in [6.07, 6.45) is -0.182. The molecule has 0 aromatic carbocycles. The van der Waals surface area contributed by atoms with E-state index in [0.717, 1.165) is 0 Å². The largest absolute Gasteiger partial charge is 0.523 e. The minimum Gasteiger partial charge on any atom is -0.296 e. The van der Waals surface area contributed by atoms with E-state index < -0.39 is 44.1 Å². The van der Waals surface area contributed by atoms with Gasteiger partial charge in [-0.05, 0) is 12.8 Å². The molecule has 0 radical (unpaired) electrons. The first-order chi connectivity index (χ1) is 8.36. The van der Waals surface area contributed by atoms with Crippen LogP contribution in [0, 0.1) is 11.3 Å². The van der Waals surface area contributed by atoms with Gasteiger partial charge in [-0.15, -0.1) is 0 Å². The fourth-order valence-electron chi connectivity index (χ4n) is 2.83. The molecule has 19 heavy (non-hydrogen) atoms. The summed E-state index contributed by atoms with van der Waals surface area (Å²) >= 11 is 0. The van der Waals surface area contributed by atoms with Gasteiger partial charge < -0.3 is 0 Å². The Balaban J connectivity index is 2.46. The van der Waals surface area contributed by atoms with Crippen molar-refractivity contribution in [1.82, 2.24) is 0 Å². The van der Waals surface area contributed by atoms with Crippen LogP contribution in [0.2, 0.25) is 0 Å². The number of hydrogen-bond acceptors (Lipinski definition) is 5. The van der Waals surface area contributed by atoms with Crippen LogP contribution in [-0.2, 0) is 23.9 Å². The molecular formula is C10H11F3O5S. The lowest BCUT2D eigenvalue weighted by atomic mass is 9.75. The topological polar surface area (TPSA) is 77.5 Å². The molecule has 2 saturated carbocycles. The molecule has 0 unspecified atom stereocenters. The van der Waals surface area contributed by atoms with Crippen LogP contribution in [0.3, 0.4) is 0 Å². The monoisotopic (exact) mass is 300 g/mol. The van der Waals surface area contributed by atoms with Crippen molar-refractivity contribution in [2.45, 2.75) is 37.8 Å². The van der Waals surface area contributed by atoms with E-state index >= 15 is 0 Å². The summed E-state index contributed by atoms with van der Waals surface area (Å²) in [5.74, 6) is -2.55. The maximum Gasteiger partial charge on any atom is 0.523 e. The Morgan fingerprint density at radius 3 is 2.16 bits per heavy atom. The van der Waals surface area contributed by atoms with Crippen LogP contribution in [-0.4, -0.2) is 31.1 Å². The Morgan fingerprint density at radius 1 is 1.26 bits per heavy atom. The third kappa shape index (κ3) is 1.67. The first-order valence-corrected chi connectivity index (χ1v) is 6.88. The highest BCUT2D eigenvalue weighted by atomic mass is 32.2. The summed E-state index contributed by atoms with van der Waals surface area (Å²) in [6.45, 7) is 2.81. The van der Waals surface area contributed by atoms with Crippen molar-refractivity contribution in [2.24, 2.45) is 11.3 Å². The van der Waals surface area contributed by atoms with Crippen LogP contribution in [0.4, 0.5) is 13.2 Å². The molecule has 2 atom stereocenters. The quantitative estimate of drug-likeness (QED) is 0.435. The van der Waals surface area contributed by atoms with Crippen molar-refractivity contribution in [3.05, 3.63) is 0 Å². The molecule has 108 valence electrons. The van der Waals surface area contributed by atoms with E-state index in [1.54, 1.807) is 0 Å². The average molecular weight is 300 g/mol. The third-order valence-electron chi connectivity index (χ3n) is 3.86. The molecule has 5 nitrogen and oxygen atoms in total. The van der Waals surface area contributed by atoms with Crippen molar-refractivity contribution in [2.75, 3.05) is 0 Å². The predicted molar refractivity (Wildman–Crippen MR) is 55.3 cm³/mol. The van der Waals surface area contributed by atoms with Gasteiger partial charge in [0, 0.05) is 11.3 Å². The highest BCUT2D eigenvalue weighted by Gasteiger charge is 2.72. The van der Waals surface area contributed by atoms with Crippen LogP contribution < -0.4 is 0 Å². The van der Waals surface area contributed by atoms with Crippen molar-refractivity contribution >= 4 is 21.7 Å². The Kier molecular flexibility index (Phi) is 2.72. The SMILES string of the molecule is CC1(C)C(=O)[C@@]2(OS(=O)(=O)C(F)(F)F)CC[C@@H]1C2=O. The first-order valence-electron chi connectivity index (χ1n) is 5.47. The number of carbonyl (C=O) groups is 2. The van der Waals surface area contributed by atoms with E-state index in [0.29, 0.717) is 0 Å². The highest BCUT2D eigenvalue weighted by Crippen LogP contribution is 2.55. The van der Waals surface area contributed by atoms with Crippen LogP contribution in [0.25, 0.3) is 0 Å². The summed E-state index contributed by atoms with van der Waals surface area (Å²) in [5.41, 5.74) is -9.34. The Morgan fingerprint density at radius 2 is 1.79 bits per heavy atom. The zero-order valence-electron chi connectivity index (χ0n) is 10.1. The molecule has 0 aromatic rings. The molecule has 0 aromatic heterocycles. The summed E-state index contributed by atoms with van der Waals surface area (Å²) < 4.78 is 63.1. The number of hydrogen-bond donors (Lipinski definition) is 0. The summed E-state index contributed by atoms with van der Waals surface area (Å²) in [5, 5.41) is 0. The first kappa shape index (κ1) is 14.4. The number of halogens is 3. The maximum absolute atomic E-state index is 12.3. The molecule has 2 rings (SSSR count). The zero-order chi connectivity index (χ0) is 14.9. The van der Waals surface area contributed by atoms with Gasteiger partial charge in [-0.1, -0.05) is 13.8 Å². The van der Waals surface area contributed by atoms with E-state index in [4.69, 9.17) is 0 Å². The van der Waals surface area contributed by atoms with Crippen LogP contribution >= 0.6 is 0 Å². The Bertz CT molecular complexity index is 562. The van der Waals surface area contributed by atoms with Gasteiger partial charge in [-0.2, -0.15) is 21.6 Å². The second-order valence-electron chi connectivity index (χ2n) is 5.32. The van der Waals surface area contributed by atoms with Gasteiger partial charge in [-0.25, -0.2) is 4.18 Å². The fraction of sp³-hybridized carbons (Fsp3) is 0.800. The Hall–Kier alpha value is -0.960. The lowest BCUT2D eigenvalue weighted by molar-refractivity contribution is -0.145. The number of ketones is 2. The number of Topliss-reactive ketones (excluding diaryl/α,β-unsaturated/α-hetero) is 2. The average Bonchev–Trinajstić information content (AvgIpc) is 2.58. The summed E-state index contributed by atoms with van der Waals surface area (Å²) in [7, 11) is -5.98. The normalized spacial score (nSPS) is 34.1. The van der Waals surface area contributed by atoms with E-state index in [2.05, 4.69) is 4.18 Å². The van der Waals surface area contributed by atoms with Gasteiger partial charge in [-0.3, -0.25) is 9.59 Å². The summed E-state index contributed by atoms with van der Waals surface area (Å²) in [6, 6.07) is 0. The Labute approximate surface area is 107 Å². The minimum atomic E-state index is -5.98. The van der Waals surface area contributed by atoms with Gasteiger partial charge in [0.25, 0.3) is 0 Å². The molecule has 0 aliphatic heterocycles. The predicted octanol–water partition coefficient (Wildman–Crippen LogP) is 1.18. The second kappa shape index (κ2) is 3.57. The number of alkyl halides is 3. The molecule has 0 heterocycles. The molecular weight excluding hydrogens is 289 g/mol. The van der Waals surface area contributed by atoms with Crippen molar-refractivity contribution < 1.29 is 35.4 Å². The van der Waals surface area contributed by atoms with E-state index in [-0.39, 0.29) is 12.8 Å². The number of fused-ring (bicyclic) bond motifs is 2. The highest BCUT2D eigenvalue weighted by molar-refractivity contribution is 7.87. The molecule has 0 amide bonds. The third-order valence-corrected chi connectivity index (χ3v) is 4.93. The number of carbonyl (C=O) groups excluding carboxylic acids is 2. The molecule has 9 heteroatoms. The molecule has 0 N–H and O–H groups in total. The van der Waals surface area contributed by atoms with Gasteiger partial charge >= 0.3 is 15.6 Å². The lowest BCUT2D eigenvalue weighted by Gasteiger charge is -2.30. The van der Waals surface area contributed by atoms with Gasteiger partial charge in [0.05, 0.1) is 0 Å². The summed E-state index contributed by atoms with van der Waals surface area (Å²) in [4.78, 5) is 24.0. The van der Waals surface area contributed by atoms with E-state index in [1.165, 1.54) is 13.8 Å². The van der Waals surface area contributed by atoms with Gasteiger partial charge in [0.1, 0.15) is 0 Å². The smallest absolute Gasteiger partial charge is 0.296 e. The molecule has 2 bridgehead atoms. The van der Waals surface area contributed by atoms with Crippen LogP contribution in [0.5, 0.6) is 0 Å². The van der Waals surface area contributed by atoms with E-state index in [9.17, 15) is 31.2 Å². The van der Waals surface area contributed by atoms with Crippen LogP contribution in [0.15, 0.2) is 0 Å². The fourth-order valence-corrected chi connectivity index (χ4v) is 3.54. The molecule has 0 saturated heterocycles. The van der Waals surface area contributed by atoms with Gasteiger partial charge in [0.15, 0.2) is 11.6 Å². The standard InChI is InChI=1S/C10H11F3O5S/c1-8(2)5-3-4-9(6(5)14,7(8)15)18-19(16,17)10(11,12)13/h5H,3-4H2,1-2H3/t5-,9-/m1/s1. The van der Waals surface area contributed by atoms with Crippen LogP contribution in [0.1, 0.15) is 26.7 Å². The number of rotatable bonds is 2. The lowest BCUT2D eigenvalue weighted by Crippen LogP contribution is -2.49. The zero-order valence-corrected chi connectivity index (χ0v) is 10.9. The second-order valence-corrected chi connectivity index (χ2v) is 6.85. The molecule has 2 aliphatic carbocycles. The van der Waals surface area contributed by atoms with Gasteiger partial charge in [0.2, 0.25) is 5.60 Å². The minimum absolute atomic E-state index is 0.144. The van der Waals surface area contributed by atoms with Crippen molar-refractivity contribution in [3.8, 4) is 0 Å². The van der Waals surface area contributed by atoms with E-state index in [1.807, 2.05) is 0 Å². The molecule has 2 fully saturated rings. The molecule has 2 aliphatic rings. The molecule has 0 spiro atoms. The maximum atomic E-state index is 12.3. The van der Waals surface area contributed by atoms with Crippen molar-refractivity contribution in [3.63, 3.8) is 0 Å². The van der Waals surface area contributed by atoms with Crippen molar-refractivity contribution in [1.29, 1.82) is 0 Å².